The smallest absolute Gasteiger partial charge is 0.158 e. The van der Waals surface area contributed by atoms with E-state index in [1.807, 2.05) is 47.1 Å². The summed E-state index contributed by atoms with van der Waals surface area (Å²) in [4.78, 5) is 2.10. The van der Waals surface area contributed by atoms with Gasteiger partial charge in [-0.1, -0.05) is 18.2 Å². The van der Waals surface area contributed by atoms with E-state index in [-0.39, 0.29) is 6.10 Å². The summed E-state index contributed by atoms with van der Waals surface area (Å²) in [5.41, 5.74) is 2.52. The van der Waals surface area contributed by atoms with Gasteiger partial charge in [-0.05, 0) is 36.2 Å². The molecule has 1 N–H and O–H groups in total. The third kappa shape index (κ3) is 2.87. The predicted molar refractivity (Wildman–Crippen MR) is 99.4 cm³/mol. The van der Waals surface area contributed by atoms with Crippen LogP contribution in [0.3, 0.4) is 0 Å². The lowest BCUT2D eigenvalue weighted by atomic mass is 10.1. The molecule has 132 valence electrons. The van der Waals surface area contributed by atoms with Gasteiger partial charge < -0.3 is 14.7 Å². The second-order valence-electron chi connectivity index (χ2n) is 6.53. The molecule has 1 saturated heterocycles. The van der Waals surface area contributed by atoms with Crippen LogP contribution >= 0.6 is 0 Å². The van der Waals surface area contributed by atoms with Crippen LogP contribution in [0, 0.1) is 11.3 Å². The fourth-order valence-electron chi connectivity index (χ4n) is 3.50. The number of nitrogens with zero attached hydrogens (tertiary/aromatic N) is 4. The van der Waals surface area contributed by atoms with Crippen LogP contribution in [0.5, 0.6) is 5.75 Å². The Morgan fingerprint density at radius 1 is 1.27 bits per heavy atom. The number of rotatable bonds is 4. The molecule has 0 radical (unpaired) electrons. The fourth-order valence-corrected chi connectivity index (χ4v) is 3.50. The molecular formula is C20H20N4O2. The van der Waals surface area contributed by atoms with Crippen molar-refractivity contribution in [2.24, 2.45) is 0 Å². The van der Waals surface area contributed by atoms with Crippen LogP contribution in [0.1, 0.15) is 17.5 Å². The number of hydrogen-bond acceptors (Lipinski definition) is 5. The first-order chi connectivity index (χ1) is 12.7. The van der Waals surface area contributed by atoms with Gasteiger partial charge in [-0.2, -0.15) is 10.4 Å². The molecule has 0 amide bonds. The van der Waals surface area contributed by atoms with Gasteiger partial charge >= 0.3 is 0 Å². The van der Waals surface area contributed by atoms with Crippen molar-refractivity contribution < 1.29 is 9.84 Å². The summed E-state index contributed by atoms with van der Waals surface area (Å²) in [6, 6.07) is 15.8. The molecule has 4 rings (SSSR count). The van der Waals surface area contributed by atoms with Gasteiger partial charge in [-0.15, -0.1) is 0 Å². The Balaban J connectivity index is 1.79. The van der Waals surface area contributed by atoms with E-state index in [1.165, 1.54) is 0 Å². The molecule has 2 aromatic carbocycles. The number of methoxy groups -OCH3 is 1. The van der Waals surface area contributed by atoms with E-state index in [4.69, 9.17) is 9.84 Å². The summed E-state index contributed by atoms with van der Waals surface area (Å²) < 4.78 is 7.10. The maximum absolute atomic E-state index is 9.88. The molecule has 1 atom stereocenters. The second kappa shape index (κ2) is 6.70. The number of anilines is 1. The summed E-state index contributed by atoms with van der Waals surface area (Å²) in [5.74, 6) is 1.64. The molecular weight excluding hydrogens is 328 g/mol. The van der Waals surface area contributed by atoms with E-state index >= 15 is 0 Å². The van der Waals surface area contributed by atoms with Gasteiger partial charge in [0.2, 0.25) is 0 Å². The minimum atomic E-state index is -0.323. The molecule has 0 spiro atoms. The van der Waals surface area contributed by atoms with Crippen molar-refractivity contribution in [3.05, 3.63) is 53.6 Å². The average Bonchev–Trinajstić information content (AvgIpc) is 3.26. The van der Waals surface area contributed by atoms with E-state index in [9.17, 15) is 10.4 Å². The number of para-hydroxylation sites is 1. The summed E-state index contributed by atoms with van der Waals surface area (Å²) in [6.07, 6.45) is 0.418. The summed E-state index contributed by atoms with van der Waals surface area (Å²) in [6.45, 7) is 1.91. The summed E-state index contributed by atoms with van der Waals surface area (Å²) in [7, 11) is 1.64. The Morgan fingerprint density at radius 2 is 2.08 bits per heavy atom. The number of fused-ring (bicyclic) bond motifs is 1. The van der Waals surface area contributed by atoms with E-state index in [2.05, 4.69) is 11.0 Å². The highest BCUT2D eigenvalue weighted by Gasteiger charge is 2.25. The number of β-amino-alcohol motifs (C(OH)–C–C–N with tert-alkyl or cyclic N) is 1. The fraction of sp³-hybridized carbons (Fsp3) is 0.300. The normalized spacial score (nSPS) is 16.8. The van der Waals surface area contributed by atoms with Gasteiger partial charge in [0.1, 0.15) is 11.8 Å². The number of nitriles is 1. The Labute approximate surface area is 151 Å². The number of benzene rings is 2. The minimum absolute atomic E-state index is 0.323. The van der Waals surface area contributed by atoms with Crippen molar-refractivity contribution >= 4 is 16.7 Å². The Hall–Kier alpha value is -3.04. The van der Waals surface area contributed by atoms with Crippen LogP contribution in [0.2, 0.25) is 0 Å². The largest absolute Gasteiger partial charge is 0.497 e. The van der Waals surface area contributed by atoms with Gasteiger partial charge in [-0.3, -0.25) is 4.68 Å². The zero-order valence-electron chi connectivity index (χ0n) is 14.6. The van der Waals surface area contributed by atoms with E-state index in [0.29, 0.717) is 18.7 Å². The predicted octanol–water partition coefficient (Wildman–Crippen LogP) is 2.54. The molecule has 1 aliphatic heterocycles. The van der Waals surface area contributed by atoms with E-state index in [1.54, 1.807) is 7.11 Å². The van der Waals surface area contributed by atoms with Crippen LogP contribution in [-0.4, -0.2) is 41.2 Å². The minimum Gasteiger partial charge on any atom is -0.497 e. The first-order valence-corrected chi connectivity index (χ1v) is 8.65. The van der Waals surface area contributed by atoms with Crippen molar-refractivity contribution in [1.29, 1.82) is 5.26 Å². The Kier molecular flexibility index (Phi) is 4.23. The molecule has 1 aromatic heterocycles. The highest BCUT2D eigenvalue weighted by atomic mass is 16.5. The molecule has 0 bridgehead atoms. The third-order valence-corrected chi connectivity index (χ3v) is 4.83. The average molecular weight is 348 g/mol. The first kappa shape index (κ1) is 16.4. The van der Waals surface area contributed by atoms with Crippen LogP contribution in [0.4, 0.5) is 5.82 Å². The molecule has 0 saturated carbocycles. The van der Waals surface area contributed by atoms with Crippen LogP contribution in [0.25, 0.3) is 10.9 Å². The SMILES string of the molecule is COc1ccc(Cn2nc(N3CCC(O)C3)c3cccc(C#N)c32)cc1. The lowest BCUT2D eigenvalue weighted by molar-refractivity contribution is 0.198. The van der Waals surface area contributed by atoms with Crippen LogP contribution in [-0.2, 0) is 6.54 Å². The molecule has 1 aliphatic rings. The van der Waals surface area contributed by atoms with E-state index < -0.39 is 0 Å². The molecule has 1 fully saturated rings. The van der Waals surface area contributed by atoms with E-state index in [0.717, 1.165) is 41.0 Å². The number of hydrogen-bond donors (Lipinski definition) is 1. The molecule has 6 nitrogen and oxygen atoms in total. The second-order valence-corrected chi connectivity index (χ2v) is 6.53. The van der Waals surface area contributed by atoms with Crippen LogP contribution < -0.4 is 9.64 Å². The zero-order chi connectivity index (χ0) is 18.1. The number of ether oxygens (including phenoxy) is 1. The molecule has 1 unspecified atom stereocenters. The molecule has 3 aromatic rings. The van der Waals surface area contributed by atoms with Gasteiger partial charge in [0.15, 0.2) is 5.82 Å². The maximum atomic E-state index is 9.88. The maximum Gasteiger partial charge on any atom is 0.158 e. The summed E-state index contributed by atoms with van der Waals surface area (Å²) >= 11 is 0. The molecule has 26 heavy (non-hydrogen) atoms. The molecule has 0 aliphatic carbocycles. The zero-order valence-corrected chi connectivity index (χ0v) is 14.6. The Morgan fingerprint density at radius 3 is 2.73 bits per heavy atom. The Bertz CT molecular complexity index is 972. The number of aliphatic hydroxyl groups excluding tert-OH is 1. The monoisotopic (exact) mass is 348 g/mol. The quantitative estimate of drug-likeness (QED) is 0.784. The molecule has 6 heteroatoms. The highest BCUT2D eigenvalue weighted by Crippen LogP contribution is 2.31. The van der Waals surface area contributed by atoms with Gasteiger partial charge in [0.05, 0.1) is 30.8 Å². The number of aliphatic hydroxyl groups is 1. The van der Waals surface area contributed by atoms with Crippen molar-refractivity contribution in [3.63, 3.8) is 0 Å². The van der Waals surface area contributed by atoms with Crippen LogP contribution in [0.15, 0.2) is 42.5 Å². The van der Waals surface area contributed by atoms with Crippen molar-refractivity contribution in [1.82, 2.24) is 9.78 Å². The van der Waals surface area contributed by atoms with Crippen molar-refractivity contribution in [3.8, 4) is 11.8 Å². The molecule has 2 heterocycles. The van der Waals surface area contributed by atoms with Crippen molar-refractivity contribution in [2.75, 3.05) is 25.1 Å². The highest BCUT2D eigenvalue weighted by molar-refractivity contribution is 5.94. The summed E-state index contributed by atoms with van der Waals surface area (Å²) in [5, 5.41) is 25.2. The van der Waals surface area contributed by atoms with Gasteiger partial charge in [0, 0.05) is 18.5 Å². The van der Waals surface area contributed by atoms with Gasteiger partial charge in [0.25, 0.3) is 0 Å². The van der Waals surface area contributed by atoms with Crippen molar-refractivity contribution in [2.45, 2.75) is 19.1 Å². The number of aromatic nitrogens is 2. The van der Waals surface area contributed by atoms with Gasteiger partial charge in [-0.25, -0.2) is 0 Å². The lowest BCUT2D eigenvalue weighted by Crippen LogP contribution is -2.22. The topological polar surface area (TPSA) is 74.3 Å². The standard InChI is InChI=1S/C20H20N4O2/c1-26-17-7-5-14(6-8-17)12-24-19-15(11-21)3-2-4-18(19)20(22-24)23-10-9-16(25)13-23/h2-8,16,25H,9-10,12-13H2,1H3. The lowest BCUT2D eigenvalue weighted by Gasteiger charge is -2.14. The third-order valence-electron chi connectivity index (χ3n) is 4.83. The first-order valence-electron chi connectivity index (χ1n) is 8.65.